The van der Waals surface area contributed by atoms with E-state index < -0.39 is 0 Å². The molecular formula is C13H26N4O. The van der Waals surface area contributed by atoms with Gasteiger partial charge < -0.3 is 15.6 Å². The van der Waals surface area contributed by atoms with Gasteiger partial charge in [0.05, 0.1) is 0 Å². The maximum atomic E-state index is 12.5. The molecule has 0 bridgehead atoms. The van der Waals surface area contributed by atoms with Gasteiger partial charge in [-0.3, -0.25) is 10.6 Å². The summed E-state index contributed by atoms with van der Waals surface area (Å²) in [5.74, 6) is 5.73. The molecule has 4 N–H and O–H groups in total. The molecule has 5 nitrogen and oxygen atoms in total. The minimum atomic E-state index is -0.186. The first-order valence-corrected chi connectivity index (χ1v) is 6.67. The summed E-state index contributed by atoms with van der Waals surface area (Å²) < 4.78 is 0. The molecule has 0 radical (unpaired) electrons. The molecule has 1 heterocycles. The van der Waals surface area contributed by atoms with E-state index in [4.69, 9.17) is 5.84 Å². The van der Waals surface area contributed by atoms with E-state index in [9.17, 15) is 4.79 Å². The lowest BCUT2D eigenvalue weighted by Gasteiger charge is -2.29. The first kappa shape index (κ1) is 14.8. The summed E-state index contributed by atoms with van der Waals surface area (Å²) in [6.45, 7) is 8.95. The Morgan fingerprint density at radius 3 is 2.61 bits per heavy atom. The summed E-state index contributed by atoms with van der Waals surface area (Å²) in [7, 11) is 0. The second kappa shape index (κ2) is 6.64. The largest absolute Gasteiger partial charge is 0.378 e. The zero-order valence-electron chi connectivity index (χ0n) is 11.9. The van der Waals surface area contributed by atoms with Crippen molar-refractivity contribution in [1.82, 2.24) is 15.6 Å². The Labute approximate surface area is 110 Å². The fraction of sp³-hybridized carbons (Fsp3) is 0.769. The predicted molar refractivity (Wildman–Crippen MR) is 73.3 cm³/mol. The van der Waals surface area contributed by atoms with Gasteiger partial charge in [0.25, 0.3) is 0 Å². The molecule has 1 saturated heterocycles. The Kier molecular flexibility index (Phi) is 5.47. The van der Waals surface area contributed by atoms with Crippen molar-refractivity contribution in [2.45, 2.75) is 52.6 Å². The van der Waals surface area contributed by atoms with Crippen LogP contribution in [0, 0.1) is 5.92 Å². The minimum absolute atomic E-state index is 0.186. The van der Waals surface area contributed by atoms with Crippen LogP contribution in [0.5, 0.6) is 0 Å². The van der Waals surface area contributed by atoms with Gasteiger partial charge in [0.1, 0.15) is 6.04 Å². The van der Waals surface area contributed by atoms with E-state index in [1.54, 1.807) is 6.20 Å². The smallest absolute Gasteiger partial charge is 0.245 e. The average molecular weight is 254 g/mol. The van der Waals surface area contributed by atoms with Crippen LogP contribution >= 0.6 is 0 Å². The van der Waals surface area contributed by atoms with Crippen LogP contribution < -0.4 is 16.6 Å². The van der Waals surface area contributed by atoms with Crippen LogP contribution in [0.15, 0.2) is 11.9 Å². The molecule has 1 fully saturated rings. The van der Waals surface area contributed by atoms with Crippen molar-refractivity contribution in [3.63, 3.8) is 0 Å². The fourth-order valence-corrected chi connectivity index (χ4v) is 2.24. The molecule has 2 atom stereocenters. The van der Waals surface area contributed by atoms with Gasteiger partial charge >= 0.3 is 0 Å². The number of hydrogen-bond donors (Lipinski definition) is 3. The number of hydrazine groups is 1. The highest BCUT2D eigenvalue weighted by Crippen LogP contribution is 2.19. The molecule has 18 heavy (non-hydrogen) atoms. The van der Waals surface area contributed by atoms with Gasteiger partial charge in [-0.1, -0.05) is 13.8 Å². The lowest BCUT2D eigenvalue weighted by atomic mass is 10.0. The molecule has 0 spiro atoms. The number of carbonyl (C=O) groups excluding carboxylic acids is 1. The van der Waals surface area contributed by atoms with E-state index >= 15 is 0 Å². The molecule has 0 saturated carbocycles. The van der Waals surface area contributed by atoms with Crippen molar-refractivity contribution in [3.8, 4) is 0 Å². The van der Waals surface area contributed by atoms with Crippen molar-refractivity contribution < 1.29 is 4.79 Å². The molecular weight excluding hydrogens is 228 g/mol. The molecule has 104 valence electrons. The minimum Gasteiger partial charge on any atom is -0.378 e. The second-order valence-corrected chi connectivity index (χ2v) is 5.38. The van der Waals surface area contributed by atoms with Crippen molar-refractivity contribution >= 4 is 5.91 Å². The number of rotatable bonds is 5. The Bertz CT molecular complexity index is 314. The van der Waals surface area contributed by atoms with Gasteiger partial charge in [-0.2, -0.15) is 0 Å². The van der Waals surface area contributed by atoms with Gasteiger partial charge in [-0.15, -0.1) is 0 Å². The molecule has 1 aliphatic heterocycles. The summed E-state index contributed by atoms with van der Waals surface area (Å²) in [6, 6.07) is 0.173. The zero-order chi connectivity index (χ0) is 13.7. The van der Waals surface area contributed by atoms with Crippen molar-refractivity contribution in [3.05, 3.63) is 11.9 Å². The summed E-state index contributed by atoms with van der Waals surface area (Å²) in [6.07, 6.45) is 3.98. The average Bonchev–Trinajstić information content (AvgIpc) is 2.74. The highest BCUT2D eigenvalue weighted by Gasteiger charge is 2.31. The van der Waals surface area contributed by atoms with Crippen molar-refractivity contribution in [1.29, 1.82) is 0 Å². The predicted octanol–water partition coefficient (Wildman–Crippen LogP) is 0.936. The highest BCUT2D eigenvalue weighted by atomic mass is 16.2. The Hall–Kier alpha value is -1.23. The van der Waals surface area contributed by atoms with Crippen LogP contribution in [0.4, 0.5) is 0 Å². The molecule has 0 aromatic heterocycles. The molecule has 0 aliphatic carbocycles. The van der Waals surface area contributed by atoms with E-state index in [-0.39, 0.29) is 17.9 Å². The van der Waals surface area contributed by atoms with E-state index in [0.717, 1.165) is 25.1 Å². The monoisotopic (exact) mass is 254 g/mol. The maximum Gasteiger partial charge on any atom is 0.245 e. The highest BCUT2D eigenvalue weighted by molar-refractivity contribution is 5.82. The molecule has 2 unspecified atom stereocenters. The Morgan fingerprint density at radius 1 is 1.50 bits per heavy atom. The number of nitrogens with one attached hydrogen (secondary N) is 2. The Morgan fingerprint density at radius 2 is 2.17 bits per heavy atom. The quantitative estimate of drug-likeness (QED) is 0.504. The number of nitrogens with two attached hydrogens (primary N) is 1. The normalized spacial score (nSPS) is 22.2. The Balaban J connectivity index is 2.69. The first-order chi connectivity index (χ1) is 8.47. The standard InChI is InChI=1S/C13H26N4O/c1-9(2)12(15-8-10(3)16-14)13(18)17-7-5-6-11(17)4/h8-9,11-12,15-16H,5-7,14H2,1-4H3/b10-8-. The number of likely N-dealkylation sites (tertiary alicyclic amines) is 1. The van der Waals surface area contributed by atoms with E-state index in [2.05, 4.69) is 31.5 Å². The topological polar surface area (TPSA) is 70.4 Å². The third-order valence-corrected chi connectivity index (χ3v) is 3.48. The zero-order valence-corrected chi connectivity index (χ0v) is 11.9. The van der Waals surface area contributed by atoms with E-state index in [1.165, 1.54) is 0 Å². The summed E-state index contributed by atoms with van der Waals surface area (Å²) in [5, 5.41) is 3.17. The first-order valence-electron chi connectivity index (χ1n) is 6.67. The molecule has 1 amide bonds. The second-order valence-electron chi connectivity index (χ2n) is 5.38. The third kappa shape index (κ3) is 3.63. The summed E-state index contributed by atoms with van der Waals surface area (Å²) in [5.41, 5.74) is 3.36. The van der Waals surface area contributed by atoms with Crippen molar-refractivity contribution in [2.75, 3.05) is 6.54 Å². The van der Waals surface area contributed by atoms with Crippen LogP contribution in [0.1, 0.15) is 40.5 Å². The molecule has 0 aromatic rings. The lowest BCUT2D eigenvalue weighted by Crippen LogP contribution is -2.49. The van der Waals surface area contributed by atoms with Gasteiger partial charge in [-0.05, 0) is 32.6 Å². The van der Waals surface area contributed by atoms with Gasteiger partial charge in [0.15, 0.2) is 0 Å². The van der Waals surface area contributed by atoms with Crippen LogP contribution in [-0.2, 0) is 4.79 Å². The van der Waals surface area contributed by atoms with Crippen LogP contribution in [0.25, 0.3) is 0 Å². The van der Waals surface area contributed by atoms with Gasteiger partial charge in [0, 0.05) is 24.5 Å². The molecule has 0 aromatic carbocycles. The number of allylic oxidation sites excluding steroid dienone is 1. The van der Waals surface area contributed by atoms with Crippen LogP contribution in [-0.4, -0.2) is 29.4 Å². The van der Waals surface area contributed by atoms with Crippen LogP contribution in [0.2, 0.25) is 0 Å². The molecule has 5 heteroatoms. The van der Waals surface area contributed by atoms with Gasteiger partial charge in [-0.25, -0.2) is 0 Å². The lowest BCUT2D eigenvalue weighted by molar-refractivity contribution is -0.134. The number of nitrogens with zero attached hydrogens (tertiary/aromatic N) is 1. The molecule has 1 rings (SSSR count). The van der Waals surface area contributed by atoms with Gasteiger partial charge in [0.2, 0.25) is 5.91 Å². The number of amides is 1. The maximum absolute atomic E-state index is 12.5. The van der Waals surface area contributed by atoms with E-state index in [1.807, 2.05) is 11.8 Å². The van der Waals surface area contributed by atoms with Crippen molar-refractivity contribution in [2.24, 2.45) is 11.8 Å². The number of hydrogen-bond acceptors (Lipinski definition) is 4. The SMILES string of the molecule is C/C(=C/NC(C(=O)N1CCCC1C)C(C)C)NN. The summed E-state index contributed by atoms with van der Waals surface area (Å²) >= 11 is 0. The van der Waals surface area contributed by atoms with Crippen LogP contribution in [0.3, 0.4) is 0 Å². The molecule has 1 aliphatic rings. The summed E-state index contributed by atoms with van der Waals surface area (Å²) in [4.78, 5) is 14.5. The third-order valence-electron chi connectivity index (χ3n) is 3.48. The fourth-order valence-electron chi connectivity index (χ4n) is 2.24. The number of carbonyl (C=O) groups is 1. The van der Waals surface area contributed by atoms with E-state index in [0.29, 0.717) is 6.04 Å².